The second-order valence-corrected chi connectivity index (χ2v) is 9.86. The summed E-state index contributed by atoms with van der Waals surface area (Å²) in [6.45, 7) is 2.28. The molecule has 9 heteroatoms. The van der Waals surface area contributed by atoms with Gasteiger partial charge in [0.15, 0.2) is 0 Å². The molecule has 1 N–H and O–H groups in total. The number of hydrogen-bond donors (Lipinski definition) is 1. The molecule has 168 valence electrons. The van der Waals surface area contributed by atoms with Crippen LogP contribution in [0.4, 0.5) is 5.95 Å². The number of benzene rings is 2. The van der Waals surface area contributed by atoms with E-state index >= 15 is 0 Å². The van der Waals surface area contributed by atoms with Crippen molar-refractivity contribution < 1.29 is 13.2 Å². The van der Waals surface area contributed by atoms with E-state index in [0.29, 0.717) is 45.1 Å². The van der Waals surface area contributed by atoms with E-state index < -0.39 is 10.0 Å². The molecule has 2 aromatic carbocycles. The van der Waals surface area contributed by atoms with E-state index in [1.54, 1.807) is 18.5 Å². The lowest BCUT2D eigenvalue weighted by Gasteiger charge is -2.33. The molecule has 2 heterocycles. The minimum Gasteiger partial charge on any atom is -0.356 e. The highest BCUT2D eigenvalue weighted by Gasteiger charge is 2.27. The fraction of sp³-hybridized carbons (Fsp3) is 0.348. The van der Waals surface area contributed by atoms with E-state index in [1.165, 1.54) is 4.31 Å². The summed E-state index contributed by atoms with van der Waals surface area (Å²) in [6, 6.07) is 15.6. The predicted octanol–water partition coefficient (Wildman–Crippen LogP) is 1.83. The van der Waals surface area contributed by atoms with Gasteiger partial charge < -0.3 is 10.2 Å². The van der Waals surface area contributed by atoms with Gasteiger partial charge >= 0.3 is 0 Å². The van der Waals surface area contributed by atoms with Gasteiger partial charge in [-0.1, -0.05) is 42.5 Å². The number of nitrogens with zero attached hydrogens (tertiary/aromatic N) is 4. The Balaban J connectivity index is 1.21. The maximum atomic E-state index is 12.7. The zero-order valence-electron chi connectivity index (χ0n) is 17.9. The summed E-state index contributed by atoms with van der Waals surface area (Å²) in [7, 11) is -3.36. The number of nitrogens with one attached hydrogen (secondary N) is 1. The molecule has 32 heavy (non-hydrogen) atoms. The molecule has 1 amide bonds. The van der Waals surface area contributed by atoms with E-state index in [9.17, 15) is 13.2 Å². The van der Waals surface area contributed by atoms with Gasteiger partial charge in [0, 0.05) is 45.1 Å². The first-order chi connectivity index (χ1) is 15.5. The fourth-order valence-corrected chi connectivity index (χ4v) is 5.40. The molecule has 0 spiro atoms. The Kier molecular flexibility index (Phi) is 6.96. The van der Waals surface area contributed by atoms with Crippen molar-refractivity contribution in [2.24, 2.45) is 0 Å². The Hall–Kier alpha value is -3.04. The van der Waals surface area contributed by atoms with Gasteiger partial charge in [-0.3, -0.25) is 4.79 Å². The Morgan fingerprint density at radius 2 is 1.66 bits per heavy atom. The number of sulfonamides is 1. The van der Waals surface area contributed by atoms with Gasteiger partial charge in [-0.25, -0.2) is 18.4 Å². The van der Waals surface area contributed by atoms with Crippen molar-refractivity contribution in [3.8, 4) is 0 Å². The van der Waals surface area contributed by atoms with Crippen LogP contribution in [-0.4, -0.2) is 67.1 Å². The highest BCUT2D eigenvalue weighted by atomic mass is 32.2. The number of piperazine rings is 1. The second-order valence-electron chi connectivity index (χ2n) is 7.77. The number of rotatable bonds is 8. The summed E-state index contributed by atoms with van der Waals surface area (Å²) < 4.78 is 26.9. The van der Waals surface area contributed by atoms with Crippen LogP contribution < -0.4 is 10.2 Å². The fourth-order valence-electron chi connectivity index (χ4n) is 3.91. The number of amides is 1. The van der Waals surface area contributed by atoms with Gasteiger partial charge in [0.25, 0.3) is 0 Å². The molecule has 0 radical (unpaired) electrons. The Labute approximate surface area is 188 Å². The molecular formula is C23H27N5O3S. The molecule has 1 fully saturated rings. The molecule has 1 saturated heterocycles. The standard InChI is InChI=1S/C23H27N5O3S/c29-22(18-20-8-3-7-19-6-1-2-9-21(19)20)24-12-5-17-32(30,31)28-15-13-27(14-16-28)23-25-10-4-11-26-23/h1-4,6-11H,5,12-18H2,(H,24,29). The summed E-state index contributed by atoms with van der Waals surface area (Å²) in [5.41, 5.74) is 0.966. The number of anilines is 1. The molecular weight excluding hydrogens is 426 g/mol. The van der Waals surface area contributed by atoms with Crippen molar-refractivity contribution in [1.29, 1.82) is 0 Å². The second kappa shape index (κ2) is 10.1. The van der Waals surface area contributed by atoms with Crippen molar-refractivity contribution in [2.45, 2.75) is 12.8 Å². The summed E-state index contributed by atoms with van der Waals surface area (Å²) in [5.74, 6) is 0.539. The predicted molar refractivity (Wildman–Crippen MR) is 125 cm³/mol. The van der Waals surface area contributed by atoms with Gasteiger partial charge in [-0.2, -0.15) is 4.31 Å². The van der Waals surface area contributed by atoms with Crippen LogP contribution in [0.15, 0.2) is 60.9 Å². The van der Waals surface area contributed by atoms with Gasteiger partial charge in [0.2, 0.25) is 21.9 Å². The number of carbonyl (C=O) groups excluding carboxylic acids is 1. The van der Waals surface area contributed by atoms with E-state index in [-0.39, 0.29) is 18.1 Å². The molecule has 1 aliphatic heterocycles. The highest BCUT2D eigenvalue weighted by Crippen LogP contribution is 2.19. The molecule has 8 nitrogen and oxygen atoms in total. The molecule has 0 atom stereocenters. The Bertz CT molecular complexity index is 1160. The van der Waals surface area contributed by atoms with Gasteiger partial charge in [0.1, 0.15) is 0 Å². The average molecular weight is 454 g/mol. The number of hydrogen-bond acceptors (Lipinski definition) is 6. The van der Waals surface area contributed by atoms with Crippen molar-refractivity contribution in [3.05, 3.63) is 66.5 Å². The van der Waals surface area contributed by atoms with Gasteiger partial charge in [0.05, 0.1) is 12.2 Å². The van der Waals surface area contributed by atoms with Crippen molar-refractivity contribution in [2.75, 3.05) is 43.4 Å². The highest BCUT2D eigenvalue weighted by molar-refractivity contribution is 7.89. The zero-order chi connectivity index (χ0) is 22.4. The summed E-state index contributed by atoms with van der Waals surface area (Å²) in [4.78, 5) is 22.8. The summed E-state index contributed by atoms with van der Waals surface area (Å²) in [5, 5.41) is 5.02. The van der Waals surface area contributed by atoms with E-state index in [0.717, 1.165) is 16.3 Å². The lowest BCUT2D eigenvalue weighted by molar-refractivity contribution is -0.120. The largest absolute Gasteiger partial charge is 0.356 e. The van der Waals surface area contributed by atoms with Crippen LogP contribution in [-0.2, 0) is 21.2 Å². The third-order valence-corrected chi connectivity index (χ3v) is 7.56. The van der Waals surface area contributed by atoms with Crippen LogP contribution in [0.2, 0.25) is 0 Å². The van der Waals surface area contributed by atoms with Gasteiger partial charge in [-0.15, -0.1) is 0 Å². The van der Waals surface area contributed by atoms with Crippen LogP contribution in [0.25, 0.3) is 10.8 Å². The zero-order valence-corrected chi connectivity index (χ0v) is 18.7. The maximum Gasteiger partial charge on any atom is 0.225 e. The van der Waals surface area contributed by atoms with E-state index in [4.69, 9.17) is 0 Å². The molecule has 0 bridgehead atoms. The first kappa shape index (κ1) is 22.2. The summed E-state index contributed by atoms with van der Waals surface area (Å²) in [6.07, 6.45) is 4.02. The molecule has 1 aromatic heterocycles. The average Bonchev–Trinajstić information content (AvgIpc) is 2.83. The van der Waals surface area contributed by atoms with Crippen LogP contribution >= 0.6 is 0 Å². The Morgan fingerprint density at radius 1 is 0.938 bits per heavy atom. The van der Waals surface area contributed by atoms with Crippen LogP contribution in [0.3, 0.4) is 0 Å². The lowest BCUT2D eigenvalue weighted by atomic mass is 10.0. The third kappa shape index (κ3) is 5.41. The summed E-state index contributed by atoms with van der Waals surface area (Å²) >= 11 is 0. The molecule has 4 rings (SSSR count). The first-order valence-corrected chi connectivity index (χ1v) is 12.4. The quantitative estimate of drug-likeness (QED) is 0.523. The van der Waals surface area contributed by atoms with Gasteiger partial charge in [-0.05, 0) is 28.8 Å². The smallest absolute Gasteiger partial charge is 0.225 e. The number of aromatic nitrogens is 2. The van der Waals surface area contributed by atoms with E-state index in [2.05, 4.69) is 15.3 Å². The number of carbonyl (C=O) groups is 1. The van der Waals surface area contributed by atoms with Crippen molar-refractivity contribution in [3.63, 3.8) is 0 Å². The van der Waals surface area contributed by atoms with Crippen LogP contribution in [0.1, 0.15) is 12.0 Å². The SMILES string of the molecule is O=C(Cc1cccc2ccccc12)NCCCS(=O)(=O)N1CCN(c2ncccn2)CC1. The minimum atomic E-state index is -3.36. The molecule has 0 aliphatic carbocycles. The maximum absolute atomic E-state index is 12.7. The van der Waals surface area contributed by atoms with Crippen LogP contribution in [0, 0.1) is 0 Å². The molecule has 0 unspecified atom stereocenters. The monoisotopic (exact) mass is 453 g/mol. The normalized spacial score (nSPS) is 15.1. The van der Waals surface area contributed by atoms with E-state index in [1.807, 2.05) is 47.4 Å². The Morgan fingerprint density at radius 3 is 2.44 bits per heavy atom. The van der Waals surface area contributed by atoms with Crippen molar-refractivity contribution >= 4 is 32.7 Å². The molecule has 0 saturated carbocycles. The van der Waals surface area contributed by atoms with Crippen molar-refractivity contribution in [1.82, 2.24) is 19.6 Å². The third-order valence-electron chi connectivity index (χ3n) is 5.60. The minimum absolute atomic E-state index is 0.0172. The van der Waals surface area contributed by atoms with Crippen LogP contribution in [0.5, 0.6) is 0 Å². The number of fused-ring (bicyclic) bond motifs is 1. The first-order valence-electron chi connectivity index (χ1n) is 10.8. The molecule has 3 aromatic rings. The lowest BCUT2D eigenvalue weighted by Crippen LogP contribution is -2.49. The topological polar surface area (TPSA) is 95.5 Å². The molecule has 1 aliphatic rings.